The number of rotatable bonds is 4. The predicted molar refractivity (Wildman–Crippen MR) is 71.2 cm³/mol. The molecule has 1 aromatic rings. The van der Waals surface area contributed by atoms with Crippen molar-refractivity contribution in [3.63, 3.8) is 0 Å². The van der Waals surface area contributed by atoms with E-state index in [2.05, 4.69) is 17.2 Å². The summed E-state index contributed by atoms with van der Waals surface area (Å²) in [5.74, 6) is 5.61. The van der Waals surface area contributed by atoms with E-state index in [-0.39, 0.29) is 18.1 Å². The fourth-order valence-corrected chi connectivity index (χ4v) is 1.38. The minimum absolute atomic E-state index is 0.0674. The van der Waals surface area contributed by atoms with Crippen LogP contribution in [0.5, 0.6) is 0 Å². The SMILES string of the molecule is CC(=O)NCCC#Cc1ccc(C(=O)CC#N)cc1. The van der Waals surface area contributed by atoms with Crippen molar-refractivity contribution in [3.05, 3.63) is 35.4 Å². The topological polar surface area (TPSA) is 70.0 Å². The number of ketones is 1. The molecule has 1 rings (SSSR count). The maximum Gasteiger partial charge on any atom is 0.216 e. The van der Waals surface area contributed by atoms with Gasteiger partial charge in [0.05, 0.1) is 12.5 Å². The minimum Gasteiger partial charge on any atom is -0.355 e. The third kappa shape index (κ3) is 5.52. The zero-order valence-electron chi connectivity index (χ0n) is 10.7. The highest BCUT2D eigenvalue weighted by Gasteiger charge is 2.03. The fourth-order valence-electron chi connectivity index (χ4n) is 1.38. The van der Waals surface area contributed by atoms with E-state index in [1.54, 1.807) is 24.3 Å². The van der Waals surface area contributed by atoms with Crippen molar-refractivity contribution in [2.75, 3.05) is 6.54 Å². The van der Waals surface area contributed by atoms with Gasteiger partial charge in [-0.3, -0.25) is 9.59 Å². The summed E-state index contributed by atoms with van der Waals surface area (Å²) in [4.78, 5) is 22.0. The Balaban J connectivity index is 2.53. The first-order chi connectivity index (χ1) is 9.13. The van der Waals surface area contributed by atoms with Gasteiger partial charge < -0.3 is 5.32 Å². The van der Waals surface area contributed by atoms with Gasteiger partial charge in [0.25, 0.3) is 0 Å². The summed E-state index contributed by atoms with van der Waals surface area (Å²) in [6, 6.07) is 8.65. The van der Waals surface area contributed by atoms with Crippen LogP contribution in [0.4, 0.5) is 0 Å². The summed E-state index contributed by atoms with van der Waals surface area (Å²) in [6.07, 6.45) is 0.469. The summed E-state index contributed by atoms with van der Waals surface area (Å²) in [5.41, 5.74) is 1.32. The first-order valence-electron chi connectivity index (χ1n) is 5.87. The van der Waals surface area contributed by atoms with Crippen LogP contribution in [0.15, 0.2) is 24.3 Å². The molecule has 96 valence electrons. The maximum absolute atomic E-state index is 11.4. The lowest BCUT2D eigenvalue weighted by atomic mass is 10.1. The maximum atomic E-state index is 11.4. The second kappa shape index (κ2) is 7.68. The lowest BCUT2D eigenvalue weighted by Gasteiger charge is -1.97. The number of hydrogen-bond donors (Lipinski definition) is 1. The molecule has 1 N–H and O–H groups in total. The van der Waals surface area contributed by atoms with Gasteiger partial charge in [-0.25, -0.2) is 0 Å². The number of benzene rings is 1. The minimum atomic E-state index is -0.187. The monoisotopic (exact) mass is 254 g/mol. The Labute approximate surface area is 112 Å². The quantitative estimate of drug-likeness (QED) is 0.504. The Kier molecular flexibility index (Phi) is 5.85. The molecule has 4 heteroatoms. The van der Waals surface area contributed by atoms with Crippen molar-refractivity contribution in [1.82, 2.24) is 5.32 Å². The highest BCUT2D eigenvalue weighted by atomic mass is 16.1. The lowest BCUT2D eigenvalue weighted by Crippen LogP contribution is -2.20. The van der Waals surface area contributed by atoms with Gasteiger partial charge in [-0.05, 0) is 12.1 Å². The molecule has 1 aromatic carbocycles. The first kappa shape index (κ1) is 14.5. The number of nitrogens with zero attached hydrogens (tertiary/aromatic N) is 1. The van der Waals surface area contributed by atoms with Crippen LogP contribution in [0.25, 0.3) is 0 Å². The van der Waals surface area contributed by atoms with E-state index in [0.29, 0.717) is 18.5 Å². The Morgan fingerprint density at radius 2 is 1.95 bits per heavy atom. The molecule has 4 nitrogen and oxygen atoms in total. The van der Waals surface area contributed by atoms with E-state index in [9.17, 15) is 9.59 Å². The number of carbonyl (C=O) groups excluding carboxylic acids is 2. The number of nitrogens with one attached hydrogen (secondary N) is 1. The van der Waals surface area contributed by atoms with Gasteiger partial charge in [0.1, 0.15) is 0 Å². The van der Waals surface area contributed by atoms with E-state index < -0.39 is 0 Å². The molecule has 0 aliphatic carbocycles. The predicted octanol–water partition coefficient (Wildman–Crippen LogP) is 1.66. The zero-order valence-corrected chi connectivity index (χ0v) is 10.7. The second-order valence-corrected chi connectivity index (χ2v) is 3.87. The fraction of sp³-hybridized carbons (Fsp3) is 0.267. The molecule has 0 bridgehead atoms. The molecule has 0 heterocycles. The van der Waals surface area contributed by atoms with Gasteiger partial charge in [-0.1, -0.05) is 24.0 Å². The Bertz CT molecular complexity index is 557. The molecule has 0 spiro atoms. The van der Waals surface area contributed by atoms with Gasteiger partial charge in [0.2, 0.25) is 5.91 Å². The summed E-state index contributed by atoms with van der Waals surface area (Å²) in [5, 5.41) is 11.1. The van der Waals surface area contributed by atoms with Crippen molar-refractivity contribution < 1.29 is 9.59 Å². The Morgan fingerprint density at radius 3 is 2.53 bits per heavy atom. The van der Waals surface area contributed by atoms with Crippen molar-refractivity contribution in [1.29, 1.82) is 5.26 Å². The van der Waals surface area contributed by atoms with Gasteiger partial charge in [-0.15, -0.1) is 0 Å². The Hall–Kier alpha value is -2.59. The van der Waals surface area contributed by atoms with Crippen LogP contribution in [-0.2, 0) is 4.79 Å². The summed E-state index contributed by atoms with van der Waals surface area (Å²) in [7, 11) is 0. The average Bonchev–Trinajstić information content (AvgIpc) is 2.39. The average molecular weight is 254 g/mol. The molecule has 0 fully saturated rings. The van der Waals surface area contributed by atoms with Gasteiger partial charge in [-0.2, -0.15) is 5.26 Å². The van der Waals surface area contributed by atoms with Crippen LogP contribution in [0.1, 0.15) is 35.7 Å². The third-order valence-corrected chi connectivity index (χ3v) is 2.30. The third-order valence-electron chi connectivity index (χ3n) is 2.30. The normalized spacial score (nSPS) is 8.84. The van der Waals surface area contributed by atoms with Crippen LogP contribution in [0.2, 0.25) is 0 Å². The molecule has 0 atom stereocenters. The van der Waals surface area contributed by atoms with Crippen LogP contribution < -0.4 is 5.32 Å². The largest absolute Gasteiger partial charge is 0.355 e. The van der Waals surface area contributed by atoms with E-state index in [1.165, 1.54) is 6.92 Å². The van der Waals surface area contributed by atoms with Gasteiger partial charge in [0.15, 0.2) is 5.78 Å². The molecule has 19 heavy (non-hydrogen) atoms. The van der Waals surface area contributed by atoms with Crippen molar-refractivity contribution >= 4 is 11.7 Å². The van der Waals surface area contributed by atoms with Crippen molar-refractivity contribution in [2.24, 2.45) is 0 Å². The highest BCUT2D eigenvalue weighted by Crippen LogP contribution is 2.05. The standard InChI is InChI=1S/C15H14N2O2/c1-12(18)17-11-3-2-4-13-5-7-14(8-6-13)15(19)9-10-16/h5-8H,3,9,11H2,1H3,(H,17,18). The van der Waals surface area contributed by atoms with Crippen LogP contribution in [0, 0.1) is 23.2 Å². The number of hydrogen-bond acceptors (Lipinski definition) is 3. The number of Topliss-reactive ketones (excluding diaryl/α,β-unsaturated/α-hetero) is 1. The van der Waals surface area contributed by atoms with E-state index in [1.807, 2.05) is 6.07 Å². The Morgan fingerprint density at radius 1 is 1.26 bits per heavy atom. The van der Waals surface area contributed by atoms with Gasteiger partial charge in [0, 0.05) is 31.0 Å². The van der Waals surface area contributed by atoms with Crippen LogP contribution in [-0.4, -0.2) is 18.2 Å². The van der Waals surface area contributed by atoms with Crippen molar-refractivity contribution in [2.45, 2.75) is 19.8 Å². The molecule has 1 amide bonds. The number of nitriles is 1. The summed E-state index contributed by atoms with van der Waals surface area (Å²) >= 11 is 0. The highest BCUT2D eigenvalue weighted by molar-refractivity contribution is 5.97. The second-order valence-electron chi connectivity index (χ2n) is 3.87. The summed E-state index contributed by atoms with van der Waals surface area (Å²) in [6.45, 7) is 1.99. The molecule has 0 aliphatic rings. The number of carbonyl (C=O) groups is 2. The lowest BCUT2D eigenvalue weighted by molar-refractivity contribution is -0.118. The molecule has 0 saturated carbocycles. The molecule has 0 aliphatic heterocycles. The van der Waals surface area contributed by atoms with Crippen LogP contribution in [0.3, 0.4) is 0 Å². The molecule has 0 saturated heterocycles. The summed E-state index contributed by atoms with van der Waals surface area (Å²) < 4.78 is 0. The molecular formula is C15H14N2O2. The number of amides is 1. The zero-order chi connectivity index (χ0) is 14.1. The van der Waals surface area contributed by atoms with Gasteiger partial charge >= 0.3 is 0 Å². The molecule has 0 aromatic heterocycles. The van der Waals surface area contributed by atoms with Crippen molar-refractivity contribution in [3.8, 4) is 17.9 Å². The molecule has 0 radical (unpaired) electrons. The van der Waals surface area contributed by atoms with E-state index in [0.717, 1.165) is 5.56 Å². The first-order valence-corrected chi connectivity index (χ1v) is 5.87. The molecular weight excluding hydrogens is 240 g/mol. The molecule has 0 unspecified atom stereocenters. The van der Waals surface area contributed by atoms with Crippen LogP contribution >= 0.6 is 0 Å². The smallest absolute Gasteiger partial charge is 0.216 e. The van der Waals surface area contributed by atoms with E-state index >= 15 is 0 Å². The van der Waals surface area contributed by atoms with E-state index in [4.69, 9.17) is 5.26 Å².